The summed E-state index contributed by atoms with van der Waals surface area (Å²) >= 11 is 0. The maximum atomic E-state index is 11.1. The molecular formula is C10H17NO5. The van der Waals surface area contributed by atoms with Crippen molar-refractivity contribution in [1.29, 1.82) is 0 Å². The van der Waals surface area contributed by atoms with Crippen LogP contribution in [0.4, 0.5) is 4.79 Å². The van der Waals surface area contributed by atoms with Crippen LogP contribution in [-0.2, 0) is 9.53 Å². The van der Waals surface area contributed by atoms with E-state index in [1.54, 1.807) is 0 Å². The standard InChI is InChI=1S/C10H17NO5/c1-3-4-16-10(15)11-8(5-7(2)13)9(14)6-12/h3,8-9,12,14H,1,4-6H2,2H3,(H,11,15)/t8-,9-/m0/s1. The van der Waals surface area contributed by atoms with Gasteiger partial charge >= 0.3 is 6.09 Å². The molecule has 0 fully saturated rings. The summed E-state index contributed by atoms with van der Waals surface area (Å²) in [6.45, 7) is 4.18. The molecule has 0 bridgehead atoms. The predicted octanol–water partition coefficient (Wildman–Crippen LogP) is -0.400. The van der Waals surface area contributed by atoms with Crippen LogP contribution in [-0.4, -0.2) is 47.4 Å². The van der Waals surface area contributed by atoms with E-state index in [-0.39, 0.29) is 18.8 Å². The second-order valence-corrected chi connectivity index (χ2v) is 3.29. The minimum absolute atomic E-state index is 0.0356. The highest BCUT2D eigenvalue weighted by Gasteiger charge is 2.22. The third-order valence-electron chi connectivity index (χ3n) is 1.79. The molecule has 3 N–H and O–H groups in total. The first-order valence-electron chi connectivity index (χ1n) is 4.83. The zero-order valence-corrected chi connectivity index (χ0v) is 9.18. The second kappa shape index (κ2) is 7.84. The first kappa shape index (κ1) is 14.6. The Balaban J connectivity index is 4.24. The molecule has 0 aliphatic rings. The van der Waals surface area contributed by atoms with Gasteiger partial charge in [0.1, 0.15) is 12.4 Å². The lowest BCUT2D eigenvalue weighted by Gasteiger charge is -2.21. The highest BCUT2D eigenvalue weighted by Crippen LogP contribution is 2.01. The lowest BCUT2D eigenvalue weighted by atomic mass is 10.1. The van der Waals surface area contributed by atoms with E-state index < -0.39 is 24.8 Å². The van der Waals surface area contributed by atoms with Gasteiger partial charge in [-0.05, 0) is 6.92 Å². The van der Waals surface area contributed by atoms with Crippen LogP contribution in [0.5, 0.6) is 0 Å². The number of aliphatic hydroxyl groups is 2. The Morgan fingerprint density at radius 1 is 1.56 bits per heavy atom. The van der Waals surface area contributed by atoms with Crippen molar-refractivity contribution in [3.63, 3.8) is 0 Å². The molecular weight excluding hydrogens is 214 g/mol. The van der Waals surface area contributed by atoms with Crippen molar-refractivity contribution >= 4 is 11.9 Å². The van der Waals surface area contributed by atoms with Crippen LogP contribution < -0.4 is 5.32 Å². The predicted molar refractivity (Wildman–Crippen MR) is 56.9 cm³/mol. The smallest absolute Gasteiger partial charge is 0.407 e. The maximum Gasteiger partial charge on any atom is 0.407 e. The van der Waals surface area contributed by atoms with Gasteiger partial charge in [-0.2, -0.15) is 0 Å². The SMILES string of the molecule is C=CCOC(=O)N[C@@H](CC(C)=O)[C@@H](O)CO. The number of alkyl carbamates (subject to hydrolysis) is 1. The highest BCUT2D eigenvalue weighted by atomic mass is 16.5. The average Bonchev–Trinajstić information content (AvgIpc) is 2.23. The number of carbonyl (C=O) groups is 2. The Morgan fingerprint density at radius 2 is 2.19 bits per heavy atom. The second-order valence-electron chi connectivity index (χ2n) is 3.29. The van der Waals surface area contributed by atoms with Gasteiger partial charge in [-0.15, -0.1) is 0 Å². The molecule has 0 aliphatic carbocycles. The molecule has 0 spiro atoms. The number of Topliss-reactive ketones (excluding diaryl/α,β-unsaturated/α-hetero) is 1. The molecule has 0 radical (unpaired) electrons. The Morgan fingerprint density at radius 3 is 2.62 bits per heavy atom. The fourth-order valence-corrected chi connectivity index (χ4v) is 1.05. The van der Waals surface area contributed by atoms with Gasteiger partial charge in [0.15, 0.2) is 0 Å². The lowest BCUT2D eigenvalue weighted by molar-refractivity contribution is -0.118. The molecule has 92 valence electrons. The summed E-state index contributed by atoms with van der Waals surface area (Å²) in [7, 11) is 0. The van der Waals surface area contributed by atoms with Crippen molar-refractivity contribution in [2.45, 2.75) is 25.5 Å². The molecule has 0 aromatic rings. The Kier molecular flexibility index (Phi) is 7.15. The fraction of sp³-hybridized carbons (Fsp3) is 0.600. The van der Waals surface area contributed by atoms with E-state index in [0.29, 0.717) is 0 Å². The van der Waals surface area contributed by atoms with Gasteiger partial charge in [0.2, 0.25) is 0 Å². The van der Waals surface area contributed by atoms with Crippen molar-refractivity contribution in [3.05, 3.63) is 12.7 Å². The van der Waals surface area contributed by atoms with E-state index in [2.05, 4.69) is 16.6 Å². The van der Waals surface area contributed by atoms with Gasteiger partial charge < -0.3 is 20.3 Å². The number of carbonyl (C=O) groups excluding carboxylic acids is 2. The normalized spacial score (nSPS) is 13.7. The third kappa shape index (κ3) is 6.15. The summed E-state index contributed by atoms with van der Waals surface area (Å²) in [5, 5.41) is 20.4. The molecule has 1 amide bonds. The molecule has 0 aromatic carbocycles. The molecule has 0 saturated heterocycles. The molecule has 0 saturated carbocycles. The maximum absolute atomic E-state index is 11.1. The highest BCUT2D eigenvalue weighted by molar-refractivity contribution is 5.77. The van der Waals surface area contributed by atoms with Gasteiger partial charge in [0.25, 0.3) is 0 Å². The summed E-state index contributed by atoms with van der Waals surface area (Å²) in [6.07, 6.45) is -0.633. The summed E-state index contributed by atoms with van der Waals surface area (Å²) in [4.78, 5) is 22.0. The fourth-order valence-electron chi connectivity index (χ4n) is 1.05. The van der Waals surface area contributed by atoms with Crippen molar-refractivity contribution in [1.82, 2.24) is 5.32 Å². The number of hydrogen-bond donors (Lipinski definition) is 3. The van der Waals surface area contributed by atoms with E-state index >= 15 is 0 Å². The number of rotatable bonds is 7. The van der Waals surface area contributed by atoms with Crippen LogP contribution in [0.15, 0.2) is 12.7 Å². The molecule has 0 unspecified atom stereocenters. The number of ketones is 1. The van der Waals surface area contributed by atoms with Crippen LogP contribution >= 0.6 is 0 Å². The van der Waals surface area contributed by atoms with E-state index in [9.17, 15) is 14.7 Å². The summed E-state index contributed by atoms with van der Waals surface area (Å²) < 4.78 is 4.63. The van der Waals surface area contributed by atoms with Crippen molar-refractivity contribution in [2.75, 3.05) is 13.2 Å². The molecule has 2 atom stereocenters. The van der Waals surface area contributed by atoms with Gasteiger partial charge in [-0.25, -0.2) is 4.79 Å². The van der Waals surface area contributed by atoms with Crippen LogP contribution in [0.1, 0.15) is 13.3 Å². The van der Waals surface area contributed by atoms with Crippen molar-refractivity contribution in [2.24, 2.45) is 0 Å². The Hall–Kier alpha value is -1.40. The van der Waals surface area contributed by atoms with Gasteiger partial charge in [-0.1, -0.05) is 12.7 Å². The quantitative estimate of drug-likeness (QED) is 0.518. The number of ether oxygens (including phenoxy) is 1. The van der Waals surface area contributed by atoms with Crippen LogP contribution in [0.3, 0.4) is 0 Å². The molecule has 0 aliphatic heterocycles. The summed E-state index contributed by atoms with van der Waals surface area (Å²) in [6, 6.07) is -0.847. The summed E-state index contributed by atoms with van der Waals surface area (Å²) in [5.74, 6) is -0.207. The molecule has 0 aromatic heterocycles. The monoisotopic (exact) mass is 231 g/mol. The zero-order valence-electron chi connectivity index (χ0n) is 9.18. The molecule has 6 nitrogen and oxygen atoms in total. The largest absolute Gasteiger partial charge is 0.445 e. The Labute approximate surface area is 93.9 Å². The molecule has 0 heterocycles. The lowest BCUT2D eigenvalue weighted by Crippen LogP contribution is -2.46. The topological polar surface area (TPSA) is 95.9 Å². The summed E-state index contributed by atoms with van der Waals surface area (Å²) in [5.41, 5.74) is 0. The number of aliphatic hydroxyl groups excluding tert-OH is 2. The average molecular weight is 231 g/mol. The minimum Gasteiger partial charge on any atom is -0.445 e. The van der Waals surface area contributed by atoms with E-state index in [1.807, 2.05) is 0 Å². The van der Waals surface area contributed by atoms with E-state index in [1.165, 1.54) is 13.0 Å². The Bertz CT molecular complexity index is 254. The molecule has 16 heavy (non-hydrogen) atoms. The van der Waals surface area contributed by atoms with Crippen LogP contribution in [0, 0.1) is 0 Å². The first-order valence-corrected chi connectivity index (χ1v) is 4.83. The number of nitrogens with one attached hydrogen (secondary N) is 1. The number of hydrogen-bond acceptors (Lipinski definition) is 5. The minimum atomic E-state index is -1.19. The molecule has 6 heteroatoms. The first-order chi connectivity index (χ1) is 7.51. The van der Waals surface area contributed by atoms with E-state index in [0.717, 1.165) is 0 Å². The third-order valence-corrected chi connectivity index (χ3v) is 1.79. The van der Waals surface area contributed by atoms with E-state index in [4.69, 9.17) is 5.11 Å². The van der Waals surface area contributed by atoms with Crippen molar-refractivity contribution in [3.8, 4) is 0 Å². The van der Waals surface area contributed by atoms with Crippen LogP contribution in [0.25, 0.3) is 0 Å². The van der Waals surface area contributed by atoms with Crippen LogP contribution in [0.2, 0.25) is 0 Å². The number of amides is 1. The zero-order chi connectivity index (χ0) is 12.6. The van der Waals surface area contributed by atoms with Gasteiger partial charge in [0, 0.05) is 6.42 Å². The molecule has 0 rings (SSSR count). The van der Waals surface area contributed by atoms with Crippen molar-refractivity contribution < 1.29 is 24.5 Å². The van der Waals surface area contributed by atoms with Gasteiger partial charge in [-0.3, -0.25) is 4.79 Å². The van der Waals surface area contributed by atoms with Gasteiger partial charge in [0.05, 0.1) is 18.8 Å².